The van der Waals surface area contributed by atoms with E-state index in [1.54, 1.807) is 31.4 Å². The Labute approximate surface area is 185 Å². The average molecular weight is 431 g/mol. The smallest absolute Gasteiger partial charge is 0.261 e. The number of ether oxygens (including phenoxy) is 1. The van der Waals surface area contributed by atoms with Gasteiger partial charge < -0.3 is 14.6 Å². The molecule has 0 spiro atoms. The normalized spacial score (nSPS) is 16.7. The van der Waals surface area contributed by atoms with Crippen molar-refractivity contribution in [3.05, 3.63) is 65.4 Å². The van der Waals surface area contributed by atoms with Gasteiger partial charge in [-0.3, -0.25) is 19.3 Å². The second kappa shape index (κ2) is 8.15. The molecule has 1 N–H and O–H groups in total. The molecule has 3 amide bonds. The van der Waals surface area contributed by atoms with Gasteiger partial charge >= 0.3 is 0 Å². The van der Waals surface area contributed by atoms with Crippen LogP contribution in [0.5, 0.6) is 5.75 Å². The fourth-order valence-corrected chi connectivity index (χ4v) is 4.83. The summed E-state index contributed by atoms with van der Waals surface area (Å²) in [7, 11) is 1.67. The van der Waals surface area contributed by atoms with Crippen molar-refractivity contribution in [2.45, 2.75) is 25.2 Å². The third-order valence-electron chi connectivity index (χ3n) is 6.64. The van der Waals surface area contributed by atoms with Crippen molar-refractivity contribution >= 4 is 28.6 Å². The molecule has 5 rings (SSSR count). The van der Waals surface area contributed by atoms with E-state index in [1.807, 2.05) is 17.0 Å². The SMILES string of the molecule is COc1ccc2[nH]cc(C3CCN(C(=O)CCN4C(=O)c5ccccc5C4=O)CC3)c2c1. The van der Waals surface area contributed by atoms with Gasteiger partial charge in [-0.05, 0) is 54.7 Å². The number of carbonyl (C=O) groups is 3. The lowest BCUT2D eigenvalue weighted by atomic mass is 9.89. The number of aromatic nitrogens is 1. The number of fused-ring (bicyclic) bond motifs is 2. The molecule has 2 aliphatic rings. The van der Waals surface area contributed by atoms with Gasteiger partial charge in [0.05, 0.1) is 18.2 Å². The summed E-state index contributed by atoms with van der Waals surface area (Å²) in [6.45, 7) is 1.46. The lowest BCUT2D eigenvalue weighted by Gasteiger charge is -2.32. The Kier molecular flexibility index (Phi) is 5.17. The van der Waals surface area contributed by atoms with E-state index in [-0.39, 0.29) is 30.7 Å². The molecule has 7 nitrogen and oxygen atoms in total. The number of piperidine rings is 1. The number of nitrogens with zero attached hydrogens (tertiary/aromatic N) is 2. The zero-order valence-electron chi connectivity index (χ0n) is 18.0. The number of methoxy groups -OCH3 is 1. The first kappa shape index (κ1) is 20.3. The van der Waals surface area contributed by atoms with Crippen LogP contribution in [0.25, 0.3) is 10.9 Å². The highest BCUT2D eigenvalue weighted by Gasteiger charge is 2.35. The van der Waals surface area contributed by atoms with Crippen molar-refractivity contribution in [3.63, 3.8) is 0 Å². The van der Waals surface area contributed by atoms with E-state index in [0.717, 1.165) is 24.1 Å². The van der Waals surface area contributed by atoms with Crippen molar-refractivity contribution in [1.82, 2.24) is 14.8 Å². The van der Waals surface area contributed by atoms with Crippen LogP contribution in [0.15, 0.2) is 48.7 Å². The maximum absolute atomic E-state index is 12.8. The van der Waals surface area contributed by atoms with Crippen molar-refractivity contribution < 1.29 is 19.1 Å². The summed E-state index contributed by atoms with van der Waals surface area (Å²) in [6, 6.07) is 12.8. The van der Waals surface area contributed by atoms with Crippen LogP contribution in [0.4, 0.5) is 0 Å². The Hall–Kier alpha value is -3.61. The van der Waals surface area contributed by atoms with E-state index < -0.39 is 0 Å². The minimum absolute atomic E-state index is 0.0133. The van der Waals surface area contributed by atoms with Crippen molar-refractivity contribution in [1.29, 1.82) is 0 Å². The monoisotopic (exact) mass is 431 g/mol. The number of nitrogens with one attached hydrogen (secondary N) is 1. The number of hydrogen-bond donors (Lipinski definition) is 1. The highest BCUT2D eigenvalue weighted by Crippen LogP contribution is 2.35. The summed E-state index contributed by atoms with van der Waals surface area (Å²) in [5, 5.41) is 1.17. The van der Waals surface area contributed by atoms with Crippen LogP contribution in [0.1, 0.15) is 51.5 Å². The highest BCUT2D eigenvalue weighted by molar-refractivity contribution is 6.21. The minimum atomic E-state index is -0.313. The second-order valence-corrected chi connectivity index (χ2v) is 8.37. The minimum Gasteiger partial charge on any atom is -0.497 e. The summed E-state index contributed by atoms with van der Waals surface area (Å²) in [5.41, 5.74) is 3.18. The lowest BCUT2D eigenvalue weighted by Crippen LogP contribution is -2.40. The van der Waals surface area contributed by atoms with Crippen molar-refractivity contribution in [2.75, 3.05) is 26.7 Å². The third-order valence-corrected chi connectivity index (χ3v) is 6.64. The molecule has 0 atom stereocenters. The van der Waals surface area contributed by atoms with E-state index in [9.17, 15) is 14.4 Å². The molecule has 1 aromatic heterocycles. The number of rotatable bonds is 5. The van der Waals surface area contributed by atoms with Gasteiger partial charge in [0.2, 0.25) is 5.91 Å². The first-order chi connectivity index (χ1) is 15.6. The summed E-state index contributed by atoms with van der Waals surface area (Å²) in [4.78, 5) is 44.1. The zero-order chi connectivity index (χ0) is 22.2. The molecular formula is C25H25N3O4. The van der Waals surface area contributed by atoms with Crippen molar-refractivity contribution in [3.8, 4) is 5.75 Å². The summed E-state index contributed by atoms with van der Waals surface area (Å²) >= 11 is 0. The van der Waals surface area contributed by atoms with Crippen LogP contribution in [0, 0.1) is 0 Å². The molecule has 164 valence electrons. The zero-order valence-corrected chi connectivity index (χ0v) is 18.0. The van der Waals surface area contributed by atoms with E-state index in [4.69, 9.17) is 4.74 Å². The van der Waals surface area contributed by atoms with Crippen molar-refractivity contribution in [2.24, 2.45) is 0 Å². The van der Waals surface area contributed by atoms with E-state index >= 15 is 0 Å². The molecule has 32 heavy (non-hydrogen) atoms. The highest BCUT2D eigenvalue weighted by atomic mass is 16.5. The predicted octanol–water partition coefficient (Wildman–Crippen LogP) is 3.57. The van der Waals surface area contributed by atoms with Gasteiger partial charge in [0.25, 0.3) is 11.8 Å². The molecule has 0 radical (unpaired) electrons. The fraction of sp³-hybridized carbons (Fsp3) is 0.320. The number of hydrogen-bond acceptors (Lipinski definition) is 4. The standard InChI is InChI=1S/C25H25N3O4/c1-32-17-6-7-22-20(14-17)21(15-26-22)16-8-11-27(12-9-16)23(29)10-13-28-24(30)18-4-2-3-5-19(18)25(28)31/h2-7,14-16,26H,8-13H2,1H3. The predicted molar refractivity (Wildman–Crippen MR) is 120 cm³/mol. The number of carbonyl (C=O) groups excluding carboxylic acids is 3. The maximum atomic E-state index is 12.8. The molecule has 0 unspecified atom stereocenters. The number of amides is 3. The van der Waals surface area contributed by atoms with Crippen LogP contribution in [0.3, 0.4) is 0 Å². The first-order valence-electron chi connectivity index (χ1n) is 10.9. The molecule has 0 bridgehead atoms. The molecule has 2 aliphatic heterocycles. The quantitative estimate of drug-likeness (QED) is 0.626. The van der Waals surface area contributed by atoms with Crippen LogP contribution in [-0.2, 0) is 4.79 Å². The fourth-order valence-electron chi connectivity index (χ4n) is 4.83. The van der Waals surface area contributed by atoms with Gasteiger partial charge in [-0.15, -0.1) is 0 Å². The number of H-pyrrole nitrogens is 1. The van der Waals surface area contributed by atoms with Gasteiger partial charge in [0, 0.05) is 43.2 Å². The van der Waals surface area contributed by atoms with E-state index in [0.29, 0.717) is 30.1 Å². The molecule has 3 heterocycles. The Morgan fingerprint density at radius 3 is 2.41 bits per heavy atom. The molecule has 2 aromatic carbocycles. The summed E-state index contributed by atoms with van der Waals surface area (Å²) in [5.74, 6) is 0.564. The molecule has 7 heteroatoms. The van der Waals surface area contributed by atoms with E-state index in [1.165, 1.54) is 15.8 Å². The van der Waals surface area contributed by atoms with E-state index in [2.05, 4.69) is 17.2 Å². The number of aromatic amines is 1. The second-order valence-electron chi connectivity index (χ2n) is 8.37. The number of likely N-dealkylation sites (tertiary alicyclic amines) is 1. The lowest BCUT2D eigenvalue weighted by molar-refractivity contribution is -0.132. The Balaban J connectivity index is 1.19. The summed E-state index contributed by atoms with van der Waals surface area (Å²) in [6.07, 6.45) is 3.97. The molecular weight excluding hydrogens is 406 g/mol. The Morgan fingerprint density at radius 2 is 1.75 bits per heavy atom. The van der Waals surface area contributed by atoms with Crippen LogP contribution in [-0.4, -0.2) is 59.2 Å². The van der Waals surface area contributed by atoms with Gasteiger partial charge in [0.15, 0.2) is 0 Å². The van der Waals surface area contributed by atoms with Crippen LogP contribution < -0.4 is 4.74 Å². The maximum Gasteiger partial charge on any atom is 0.261 e. The Morgan fingerprint density at radius 1 is 1.06 bits per heavy atom. The van der Waals surface area contributed by atoms with Crippen LogP contribution >= 0.6 is 0 Å². The topological polar surface area (TPSA) is 82.7 Å². The molecule has 3 aromatic rings. The summed E-state index contributed by atoms with van der Waals surface area (Å²) < 4.78 is 5.37. The van der Waals surface area contributed by atoms with Gasteiger partial charge in [-0.2, -0.15) is 0 Å². The number of benzene rings is 2. The van der Waals surface area contributed by atoms with Gasteiger partial charge in [-0.25, -0.2) is 0 Å². The molecule has 1 saturated heterocycles. The van der Waals surface area contributed by atoms with Crippen LogP contribution in [0.2, 0.25) is 0 Å². The van der Waals surface area contributed by atoms with Gasteiger partial charge in [0.1, 0.15) is 5.75 Å². The molecule has 0 aliphatic carbocycles. The number of imide groups is 1. The Bertz CT molecular complexity index is 1170. The largest absolute Gasteiger partial charge is 0.497 e. The van der Waals surface area contributed by atoms with Gasteiger partial charge in [-0.1, -0.05) is 12.1 Å². The first-order valence-corrected chi connectivity index (χ1v) is 10.9. The molecule has 0 saturated carbocycles. The third kappa shape index (κ3) is 3.43. The average Bonchev–Trinajstić information content (AvgIpc) is 3.36. The molecule has 1 fully saturated rings.